The minimum Gasteiger partial charge on any atom is -0.497 e. The van der Waals surface area contributed by atoms with Crippen LogP contribution < -0.4 is 9.47 Å². The highest BCUT2D eigenvalue weighted by molar-refractivity contribution is 5.31. The van der Waals surface area contributed by atoms with Crippen molar-refractivity contribution in [2.24, 2.45) is 0 Å². The highest BCUT2D eigenvalue weighted by atomic mass is 16.5. The molecule has 1 aliphatic heterocycles. The van der Waals surface area contributed by atoms with Gasteiger partial charge in [-0.1, -0.05) is 0 Å². The Labute approximate surface area is 118 Å². The number of imidazole rings is 1. The molecule has 5 heteroatoms. The highest BCUT2D eigenvalue weighted by Gasteiger charge is 2.15. The van der Waals surface area contributed by atoms with E-state index < -0.39 is 0 Å². The number of hydrogen-bond acceptors (Lipinski definition) is 4. The molecule has 1 aromatic carbocycles. The van der Waals surface area contributed by atoms with Crippen LogP contribution in [0.4, 0.5) is 0 Å². The molecule has 1 aromatic heterocycles. The third-order valence-electron chi connectivity index (χ3n) is 3.56. The molecule has 0 N–H and O–H groups in total. The summed E-state index contributed by atoms with van der Waals surface area (Å²) in [7, 11) is 1.66. The zero-order valence-electron chi connectivity index (χ0n) is 11.7. The van der Waals surface area contributed by atoms with Gasteiger partial charge in [0.05, 0.1) is 13.7 Å². The summed E-state index contributed by atoms with van der Waals surface area (Å²) in [5.41, 5.74) is 0. The largest absolute Gasteiger partial charge is 0.497 e. The van der Waals surface area contributed by atoms with E-state index in [-0.39, 0.29) is 0 Å². The van der Waals surface area contributed by atoms with E-state index in [9.17, 15) is 0 Å². The van der Waals surface area contributed by atoms with Crippen LogP contribution in [-0.4, -0.2) is 41.3 Å². The summed E-state index contributed by atoms with van der Waals surface area (Å²) in [6.45, 7) is 4.57. The molecule has 2 heterocycles. The molecule has 0 amide bonds. The van der Waals surface area contributed by atoms with E-state index in [0.29, 0.717) is 6.61 Å². The van der Waals surface area contributed by atoms with Crippen LogP contribution in [0.15, 0.2) is 36.7 Å². The van der Waals surface area contributed by atoms with Crippen molar-refractivity contribution in [1.29, 1.82) is 0 Å². The molecule has 0 atom stereocenters. The zero-order chi connectivity index (χ0) is 13.8. The molecule has 0 bridgehead atoms. The number of benzene rings is 1. The number of methoxy groups -OCH3 is 1. The Balaban J connectivity index is 1.46. The standard InChI is InChI=1S/C15H19N3O2/c1-19-13-2-4-14(5-3-13)20-11-10-17-8-9-18-7-6-16-15(18)12-17/h2-7H,8-12H2,1H3. The smallest absolute Gasteiger partial charge is 0.122 e. The highest BCUT2D eigenvalue weighted by Crippen LogP contribution is 2.17. The van der Waals surface area contributed by atoms with Crippen LogP contribution in [0, 0.1) is 0 Å². The van der Waals surface area contributed by atoms with Crippen molar-refractivity contribution in [2.45, 2.75) is 13.1 Å². The maximum Gasteiger partial charge on any atom is 0.122 e. The Bertz CT molecular complexity index is 551. The minimum absolute atomic E-state index is 0.688. The van der Waals surface area contributed by atoms with Crippen molar-refractivity contribution in [3.8, 4) is 11.5 Å². The predicted molar refractivity (Wildman–Crippen MR) is 76.0 cm³/mol. The second-order valence-corrected chi connectivity index (χ2v) is 4.84. The molecule has 5 nitrogen and oxygen atoms in total. The normalized spacial score (nSPS) is 14.8. The summed E-state index contributed by atoms with van der Waals surface area (Å²) in [5.74, 6) is 2.87. The first-order chi connectivity index (χ1) is 9.85. The van der Waals surface area contributed by atoms with Crippen LogP contribution in [0.5, 0.6) is 11.5 Å². The van der Waals surface area contributed by atoms with Crippen molar-refractivity contribution in [3.05, 3.63) is 42.5 Å². The van der Waals surface area contributed by atoms with Crippen molar-refractivity contribution < 1.29 is 9.47 Å². The number of aromatic nitrogens is 2. The molecule has 106 valence electrons. The molecule has 1 aliphatic rings. The zero-order valence-corrected chi connectivity index (χ0v) is 11.7. The van der Waals surface area contributed by atoms with Gasteiger partial charge in [0.2, 0.25) is 0 Å². The number of hydrogen-bond donors (Lipinski definition) is 0. The first kappa shape index (κ1) is 13.0. The third-order valence-corrected chi connectivity index (χ3v) is 3.56. The lowest BCUT2D eigenvalue weighted by Gasteiger charge is -2.27. The lowest BCUT2D eigenvalue weighted by Crippen LogP contribution is -2.36. The molecule has 0 fully saturated rings. The van der Waals surface area contributed by atoms with E-state index in [1.165, 1.54) is 0 Å². The van der Waals surface area contributed by atoms with Crippen molar-refractivity contribution in [1.82, 2.24) is 14.5 Å². The van der Waals surface area contributed by atoms with Gasteiger partial charge in [0.1, 0.15) is 23.9 Å². The Hall–Kier alpha value is -2.01. The van der Waals surface area contributed by atoms with Crippen molar-refractivity contribution in [2.75, 3.05) is 26.8 Å². The molecule has 3 rings (SSSR count). The molecule has 20 heavy (non-hydrogen) atoms. The van der Waals surface area contributed by atoms with Gasteiger partial charge in [0.25, 0.3) is 0 Å². The average molecular weight is 273 g/mol. The van der Waals surface area contributed by atoms with Gasteiger partial charge in [-0.05, 0) is 24.3 Å². The fraction of sp³-hybridized carbons (Fsp3) is 0.400. The summed E-state index contributed by atoms with van der Waals surface area (Å²) >= 11 is 0. The van der Waals surface area contributed by atoms with Crippen LogP contribution in [-0.2, 0) is 13.1 Å². The monoisotopic (exact) mass is 273 g/mol. The van der Waals surface area contributed by atoms with Gasteiger partial charge in [-0.15, -0.1) is 0 Å². The molecular weight excluding hydrogens is 254 g/mol. The number of ether oxygens (including phenoxy) is 2. The second kappa shape index (κ2) is 5.96. The fourth-order valence-corrected chi connectivity index (χ4v) is 2.38. The van der Waals surface area contributed by atoms with Crippen LogP contribution >= 0.6 is 0 Å². The Morgan fingerprint density at radius 2 is 1.95 bits per heavy atom. The molecular formula is C15H19N3O2. The minimum atomic E-state index is 0.688. The van der Waals surface area contributed by atoms with E-state index in [2.05, 4.69) is 14.5 Å². The number of fused-ring (bicyclic) bond motifs is 1. The summed E-state index contributed by atoms with van der Waals surface area (Å²) in [4.78, 5) is 6.73. The fourth-order valence-electron chi connectivity index (χ4n) is 2.38. The predicted octanol–water partition coefficient (Wildman–Crippen LogP) is 1.79. The lowest BCUT2D eigenvalue weighted by molar-refractivity contribution is 0.174. The Morgan fingerprint density at radius 3 is 2.75 bits per heavy atom. The van der Waals surface area contributed by atoms with Crippen LogP contribution in [0.1, 0.15) is 5.82 Å². The van der Waals surface area contributed by atoms with E-state index in [4.69, 9.17) is 9.47 Å². The van der Waals surface area contributed by atoms with Gasteiger partial charge in [0, 0.05) is 32.0 Å². The van der Waals surface area contributed by atoms with Crippen molar-refractivity contribution >= 4 is 0 Å². The summed E-state index contributed by atoms with van der Waals surface area (Å²) in [5, 5.41) is 0. The Kier molecular flexibility index (Phi) is 3.87. The van der Waals surface area contributed by atoms with Gasteiger partial charge >= 0.3 is 0 Å². The van der Waals surface area contributed by atoms with Gasteiger partial charge in [-0.25, -0.2) is 4.98 Å². The van der Waals surface area contributed by atoms with Gasteiger partial charge in [0.15, 0.2) is 0 Å². The molecule has 0 aliphatic carbocycles. The van der Waals surface area contributed by atoms with Gasteiger partial charge in [-0.2, -0.15) is 0 Å². The molecule has 0 saturated heterocycles. The lowest BCUT2D eigenvalue weighted by atomic mass is 10.3. The summed E-state index contributed by atoms with van der Waals surface area (Å²) in [6, 6.07) is 7.68. The molecule has 0 radical (unpaired) electrons. The first-order valence-electron chi connectivity index (χ1n) is 6.84. The average Bonchev–Trinajstić information content (AvgIpc) is 2.95. The maximum atomic E-state index is 5.75. The molecule has 0 spiro atoms. The topological polar surface area (TPSA) is 39.5 Å². The van der Waals surface area contributed by atoms with E-state index in [1.54, 1.807) is 7.11 Å². The third kappa shape index (κ3) is 2.93. The molecule has 0 saturated carbocycles. The molecule has 0 unspecified atom stereocenters. The van der Waals surface area contributed by atoms with Crippen molar-refractivity contribution in [3.63, 3.8) is 0 Å². The van der Waals surface area contributed by atoms with E-state index >= 15 is 0 Å². The number of rotatable bonds is 5. The first-order valence-corrected chi connectivity index (χ1v) is 6.84. The molecule has 2 aromatic rings. The van der Waals surface area contributed by atoms with Gasteiger partial charge < -0.3 is 14.0 Å². The summed E-state index contributed by atoms with van der Waals surface area (Å²) in [6.07, 6.45) is 3.91. The van der Waals surface area contributed by atoms with Crippen LogP contribution in [0.2, 0.25) is 0 Å². The summed E-state index contributed by atoms with van der Waals surface area (Å²) < 4.78 is 13.1. The van der Waals surface area contributed by atoms with E-state index in [1.807, 2.05) is 36.7 Å². The van der Waals surface area contributed by atoms with Crippen LogP contribution in [0.25, 0.3) is 0 Å². The maximum absolute atomic E-state index is 5.75. The van der Waals surface area contributed by atoms with Gasteiger partial charge in [-0.3, -0.25) is 4.90 Å². The SMILES string of the molecule is COc1ccc(OCCN2CCn3ccnc3C2)cc1. The second-order valence-electron chi connectivity index (χ2n) is 4.84. The number of nitrogens with zero attached hydrogens (tertiary/aromatic N) is 3. The van der Waals surface area contributed by atoms with E-state index in [0.717, 1.165) is 43.5 Å². The Morgan fingerprint density at radius 1 is 1.15 bits per heavy atom. The quantitative estimate of drug-likeness (QED) is 0.832. The van der Waals surface area contributed by atoms with Crippen LogP contribution in [0.3, 0.4) is 0 Å².